The van der Waals surface area contributed by atoms with Gasteiger partial charge in [-0.15, -0.1) is 0 Å². The van der Waals surface area contributed by atoms with Gasteiger partial charge in [0.15, 0.2) is 0 Å². The highest BCUT2D eigenvalue weighted by atomic mass is 16.5. The van der Waals surface area contributed by atoms with Gasteiger partial charge in [-0.05, 0) is 37.5 Å². The molecule has 5 nitrogen and oxygen atoms in total. The normalized spacial score (nSPS) is 19.2. The smallest absolute Gasteiger partial charge is 0.249 e. The number of methoxy groups -OCH3 is 1. The molecule has 116 valence electrons. The number of amides is 1. The lowest BCUT2D eigenvalue weighted by Crippen LogP contribution is -2.38. The molecule has 1 aliphatic heterocycles. The summed E-state index contributed by atoms with van der Waals surface area (Å²) in [4.78, 5) is 12.2. The van der Waals surface area contributed by atoms with Gasteiger partial charge in [0.1, 0.15) is 11.9 Å². The summed E-state index contributed by atoms with van der Waals surface area (Å²) in [5, 5.41) is 3.00. The molecule has 0 aliphatic carbocycles. The number of hydrogen-bond acceptors (Lipinski definition) is 4. The molecule has 1 N–H and O–H groups in total. The second kappa shape index (κ2) is 8.00. The highest BCUT2D eigenvalue weighted by molar-refractivity contribution is 5.81. The van der Waals surface area contributed by atoms with E-state index >= 15 is 0 Å². The van der Waals surface area contributed by atoms with Gasteiger partial charge in [0.2, 0.25) is 5.91 Å². The topological polar surface area (TPSA) is 56.8 Å². The summed E-state index contributed by atoms with van der Waals surface area (Å²) >= 11 is 0. The van der Waals surface area contributed by atoms with Crippen LogP contribution in [0.15, 0.2) is 24.3 Å². The van der Waals surface area contributed by atoms with Crippen molar-refractivity contribution in [1.82, 2.24) is 5.32 Å². The minimum Gasteiger partial charge on any atom is -0.494 e. The molecule has 1 amide bonds. The van der Waals surface area contributed by atoms with Crippen molar-refractivity contribution in [3.05, 3.63) is 29.8 Å². The fourth-order valence-corrected chi connectivity index (χ4v) is 2.40. The van der Waals surface area contributed by atoms with Gasteiger partial charge in [-0.3, -0.25) is 4.79 Å². The third-order valence-electron chi connectivity index (χ3n) is 3.47. The summed E-state index contributed by atoms with van der Waals surface area (Å²) in [7, 11) is 1.62. The lowest BCUT2D eigenvalue weighted by Gasteiger charge is -2.20. The number of ether oxygens (including phenoxy) is 3. The van der Waals surface area contributed by atoms with Gasteiger partial charge in [0.05, 0.1) is 19.3 Å². The van der Waals surface area contributed by atoms with Crippen LogP contribution in [0, 0.1) is 0 Å². The largest absolute Gasteiger partial charge is 0.494 e. The molecule has 1 aliphatic rings. The van der Waals surface area contributed by atoms with Crippen molar-refractivity contribution in [3.8, 4) is 5.75 Å². The Hall–Kier alpha value is -1.59. The average molecular weight is 293 g/mol. The van der Waals surface area contributed by atoms with E-state index < -0.39 is 0 Å². The van der Waals surface area contributed by atoms with E-state index in [0.29, 0.717) is 19.8 Å². The van der Waals surface area contributed by atoms with Gasteiger partial charge in [0.25, 0.3) is 0 Å². The minimum atomic E-state index is -0.327. The Morgan fingerprint density at radius 3 is 2.76 bits per heavy atom. The molecule has 0 bridgehead atoms. The molecule has 21 heavy (non-hydrogen) atoms. The average Bonchev–Trinajstić information content (AvgIpc) is 3.02. The van der Waals surface area contributed by atoms with Crippen molar-refractivity contribution < 1.29 is 19.0 Å². The number of nitrogens with one attached hydrogen (secondary N) is 1. The maximum Gasteiger partial charge on any atom is 0.249 e. The van der Waals surface area contributed by atoms with E-state index in [1.54, 1.807) is 7.11 Å². The van der Waals surface area contributed by atoms with Crippen LogP contribution >= 0.6 is 0 Å². The van der Waals surface area contributed by atoms with Crippen LogP contribution in [-0.2, 0) is 14.3 Å². The molecule has 0 unspecified atom stereocenters. The molecular weight excluding hydrogens is 270 g/mol. The van der Waals surface area contributed by atoms with Gasteiger partial charge in [-0.1, -0.05) is 12.1 Å². The Morgan fingerprint density at radius 1 is 1.43 bits per heavy atom. The first-order chi connectivity index (χ1) is 10.2. The van der Waals surface area contributed by atoms with E-state index in [9.17, 15) is 4.79 Å². The Bertz CT molecular complexity index is 440. The molecule has 1 fully saturated rings. The Labute approximate surface area is 125 Å². The molecule has 1 aromatic carbocycles. The van der Waals surface area contributed by atoms with Gasteiger partial charge < -0.3 is 19.5 Å². The molecule has 0 spiro atoms. The zero-order valence-electron chi connectivity index (χ0n) is 12.6. The molecule has 1 heterocycles. The molecule has 1 aromatic rings. The van der Waals surface area contributed by atoms with Gasteiger partial charge >= 0.3 is 0 Å². The zero-order valence-corrected chi connectivity index (χ0v) is 12.6. The number of rotatable bonds is 7. The van der Waals surface area contributed by atoms with Gasteiger partial charge in [-0.2, -0.15) is 0 Å². The second-order valence-electron chi connectivity index (χ2n) is 5.02. The van der Waals surface area contributed by atoms with Crippen LogP contribution in [-0.4, -0.2) is 38.9 Å². The summed E-state index contributed by atoms with van der Waals surface area (Å²) in [6.07, 6.45) is 1.40. The SMILES string of the molecule is CCOc1ccc([C@H](COC)NC(=O)[C@@H]2CCCO2)cc1. The summed E-state index contributed by atoms with van der Waals surface area (Å²) in [6, 6.07) is 7.52. The van der Waals surface area contributed by atoms with Crippen molar-refractivity contribution in [2.75, 3.05) is 26.9 Å². The molecule has 2 rings (SSSR count). The Morgan fingerprint density at radius 2 is 2.19 bits per heavy atom. The molecular formula is C16H23NO4. The van der Waals surface area contributed by atoms with Crippen molar-refractivity contribution in [2.45, 2.75) is 31.9 Å². The first-order valence-electron chi connectivity index (χ1n) is 7.38. The van der Waals surface area contributed by atoms with Crippen LogP contribution in [0.3, 0.4) is 0 Å². The molecule has 0 aromatic heterocycles. The lowest BCUT2D eigenvalue weighted by molar-refractivity contribution is -0.131. The van der Waals surface area contributed by atoms with E-state index in [4.69, 9.17) is 14.2 Å². The van der Waals surface area contributed by atoms with Crippen LogP contribution in [0.4, 0.5) is 0 Å². The van der Waals surface area contributed by atoms with Crippen molar-refractivity contribution in [1.29, 1.82) is 0 Å². The quantitative estimate of drug-likeness (QED) is 0.836. The molecule has 0 saturated carbocycles. The molecule has 2 atom stereocenters. The third-order valence-corrected chi connectivity index (χ3v) is 3.47. The molecule has 1 saturated heterocycles. The summed E-state index contributed by atoms with van der Waals surface area (Å²) in [5.74, 6) is 0.756. The van der Waals surface area contributed by atoms with Crippen LogP contribution in [0.25, 0.3) is 0 Å². The first-order valence-corrected chi connectivity index (χ1v) is 7.38. The zero-order chi connectivity index (χ0) is 15.1. The lowest BCUT2D eigenvalue weighted by atomic mass is 10.1. The summed E-state index contributed by atoms with van der Waals surface area (Å²) in [6.45, 7) is 3.67. The third kappa shape index (κ3) is 4.44. The van der Waals surface area contributed by atoms with Crippen molar-refractivity contribution in [3.63, 3.8) is 0 Å². The predicted octanol–water partition coefficient (Wildman–Crippen LogP) is 2.07. The van der Waals surface area contributed by atoms with Crippen molar-refractivity contribution in [2.24, 2.45) is 0 Å². The van der Waals surface area contributed by atoms with Gasteiger partial charge in [0, 0.05) is 13.7 Å². The van der Waals surface area contributed by atoms with Crippen molar-refractivity contribution >= 4 is 5.91 Å². The fourth-order valence-electron chi connectivity index (χ4n) is 2.40. The van der Waals surface area contributed by atoms with Crippen LogP contribution in [0.5, 0.6) is 5.75 Å². The molecule has 5 heteroatoms. The number of carbonyl (C=O) groups excluding carboxylic acids is 1. The minimum absolute atomic E-state index is 0.0663. The van der Waals surface area contributed by atoms with E-state index in [1.165, 1.54) is 0 Å². The predicted molar refractivity (Wildman–Crippen MR) is 79.3 cm³/mol. The monoisotopic (exact) mass is 293 g/mol. The maximum atomic E-state index is 12.2. The van der Waals surface area contributed by atoms with Crippen LogP contribution in [0.1, 0.15) is 31.4 Å². The number of hydrogen-bond donors (Lipinski definition) is 1. The van der Waals surface area contributed by atoms with Crippen LogP contribution < -0.4 is 10.1 Å². The number of carbonyl (C=O) groups is 1. The van der Waals surface area contributed by atoms with E-state index in [0.717, 1.165) is 24.2 Å². The summed E-state index contributed by atoms with van der Waals surface area (Å²) < 4.78 is 16.0. The van der Waals surface area contributed by atoms with Gasteiger partial charge in [-0.25, -0.2) is 0 Å². The Balaban J connectivity index is 2.01. The van der Waals surface area contributed by atoms with Crippen LogP contribution in [0.2, 0.25) is 0 Å². The maximum absolute atomic E-state index is 12.2. The Kier molecular flexibility index (Phi) is 6.02. The van der Waals surface area contributed by atoms with E-state index in [1.807, 2.05) is 31.2 Å². The summed E-state index contributed by atoms with van der Waals surface area (Å²) in [5.41, 5.74) is 0.992. The van der Waals surface area contributed by atoms with E-state index in [-0.39, 0.29) is 18.1 Å². The number of benzene rings is 1. The highest BCUT2D eigenvalue weighted by Crippen LogP contribution is 2.20. The fraction of sp³-hybridized carbons (Fsp3) is 0.562. The second-order valence-corrected chi connectivity index (χ2v) is 5.02. The standard InChI is InChI=1S/C16H23NO4/c1-3-20-13-8-6-12(7-9-13)14(11-19-2)17-16(18)15-5-4-10-21-15/h6-9,14-15H,3-5,10-11H2,1-2H3,(H,17,18)/t14-,15-/m0/s1. The highest BCUT2D eigenvalue weighted by Gasteiger charge is 2.26. The van der Waals surface area contributed by atoms with E-state index in [2.05, 4.69) is 5.32 Å². The first kappa shape index (κ1) is 15.8. The molecule has 0 radical (unpaired) electrons.